The standard InChI is InChI=1S/C13H17F3O2/c1-4-11(17)12(2,3)18-10-7-5-6-9(8-10)13(14,15)16/h5-8,11,17H,4H2,1-3H3. The highest BCUT2D eigenvalue weighted by Gasteiger charge is 2.32. The summed E-state index contributed by atoms with van der Waals surface area (Å²) < 4.78 is 43.0. The lowest BCUT2D eigenvalue weighted by Gasteiger charge is -2.31. The summed E-state index contributed by atoms with van der Waals surface area (Å²) in [5, 5.41) is 9.73. The van der Waals surface area contributed by atoms with E-state index < -0.39 is 23.4 Å². The highest BCUT2D eigenvalue weighted by atomic mass is 19.4. The normalized spacial score (nSPS) is 14.4. The van der Waals surface area contributed by atoms with E-state index in [9.17, 15) is 18.3 Å². The van der Waals surface area contributed by atoms with Crippen LogP contribution < -0.4 is 4.74 Å². The maximum Gasteiger partial charge on any atom is 0.416 e. The molecule has 0 saturated carbocycles. The van der Waals surface area contributed by atoms with Crippen molar-refractivity contribution in [1.29, 1.82) is 0 Å². The van der Waals surface area contributed by atoms with Crippen LogP contribution in [0.25, 0.3) is 0 Å². The second-order valence-corrected chi connectivity index (χ2v) is 4.66. The highest BCUT2D eigenvalue weighted by molar-refractivity contribution is 5.30. The molecule has 0 fully saturated rings. The fourth-order valence-corrected chi connectivity index (χ4v) is 1.60. The van der Waals surface area contributed by atoms with Gasteiger partial charge in [-0.2, -0.15) is 13.2 Å². The molecule has 2 nitrogen and oxygen atoms in total. The van der Waals surface area contributed by atoms with Crippen molar-refractivity contribution in [2.45, 2.75) is 45.1 Å². The first kappa shape index (κ1) is 14.8. The molecule has 0 aliphatic heterocycles. The van der Waals surface area contributed by atoms with Crippen LogP contribution in [-0.2, 0) is 6.18 Å². The molecule has 102 valence electrons. The van der Waals surface area contributed by atoms with E-state index in [2.05, 4.69) is 0 Å². The maximum atomic E-state index is 12.5. The van der Waals surface area contributed by atoms with Gasteiger partial charge in [0.1, 0.15) is 11.4 Å². The summed E-state index contributed by atoms with van der Waals surface area (Å²) in [7, 11) is 0. The van der Waals surface area contributed by atoms with Gasteiger partial charge in [0.05, 0.1) is 11.7 Å². The second kappa shape index (κ2) is 5.18. The molecule has 0 spiro atoms. The smallest absolute Gasteiger partial charge is 0.416 e. The predicted molar refractivity (Wildman–Crippen MR) is 62.4 cm³/mol. The highest BCUT2D eigenvalue weighted by Crippen LogP contribution is 2.32. The molecule has 0 saturated heterocycles. The van der Waals surface area contributed by atoms with Gasteiger partial charge in [-0.25, -0.2) is 0 Å². The summed E-state index contributed by atoms with van der Waals surface area (Å²) in [6.07, 6.45) is -4.68. The average molecular weight is 262 g/mol. The molecule has 0 heterocycles. The molecule has 1 unspecified atom stereocenters. The van der Waals surface area contributed by atoms with E-state index in [1.807, 2.05) is 0 Å². The SMILES string of the molecule is CCC(O)C(C)(C)Oc1cccc(C(F)(F)F)c1. The van der Waals surface area contributed by atoms with Crippen molar-refractivity contribution in [3.8, 4) is 5.75 Å². The number of halogens is 3. The van der Waals surface area contributed by atoms with Gasteiger partial charge in [-0.05, 0) is 38.5 Å². The fraction of sp³-hybridized carbons (Fsp3) is 0.538. The molecule has 1 atom stereocenters. The van der Waals surface area contributed by atoms with Crippen molar-refractivity contribution in [1.82, 2.24) is 0 Å². The molecular formula is C13H17F3O2. The van der Waals surface area contributed by atoms with Gasteiger partial charge in [-0.3, -0.25) is 0 Å². The van der Waals surface area contributed by atoms with Crippen molar-refractivity contribution in [2.24, 2.45) is 0 Å². The summed E-state index contributed by atoms with van der Waals surface area (Å²) in [5.41, 5.74) is -1.69. The van der Waals surface area contributed by atoms with E-state index in [1.165, 1.54) is 12.1 Å². The average Bonchev–Trinajstić information content (AvgIpc) is 2.26. The van der Waals surface area contributed by atoms with Gasteiger partial charge in [0.25, 0.3) is 0 Å². The van der Waals surface area contributed by atoms with E-state index in [4.69, 9.17) is 4.74 Å². The first-order valence-electron chi connectivity index (χ1n) is 5.71. The number of rotatable bonds is 4. The minimum absolute atomic E-state index is 0.0994. The lowest BCUT2D eigenvalue weighted by atomic mass is 9.99. The zero-order chi connectivity index (χ0) is 14.0. The fourth-order valence-electron chi connectivity index (χ4n) is 1.60. The number of aliphatic hydroxyl groups is 1. The number of alkyl halides is 3. The second-order valence-electron chi connectivity index (χ2n) is 4.66. The van der Waals surface area contributed by atoms with Gasteiger partial charge in [-0.1, -0.05) is 13.0 Å². The Hall–Kier alpha value is -1.23. The van der Waals surface area contributed by atoms with Crippen molar-refractivity contribution in [3.05, 3.63) is 29.8 Å². The molecule has 0 aliphatic rings. The van der Waals surface area contributed by atoms with Crippen LogP contribution in [0.2, 0.25) is 0 Å². The van der Waals surface area contributed by atoms with E-state index >= 15 is 0 Å². The zero-order valence-electron chi connectivity index (χ0n) is 10.6. The van der Waals surface area contributed by atoms with Gasteiger partial charge in [-0.15, -0.1) is 0 Å². The molecule has 1 aromatic carbocycles. The minimum atomic E-state index is -4.40. The van der Waals surface area contributed by atoms with Crippen LogP contribution in [0.15, 0.2) is 24.3 Å². The third-order valence-corrected chi connectivity index (χ3v) is 2.73. The number of hydrogen-bond acceptors (Lipinski definition) is 2. The van der Waals surface area contributed by atoms with Crippen LogP contribution in [-0.4, -0.2) is 16.8 Å². The monoisotopic (exact) mass is 262 g/mol. The topological polar surface area (TPSA) is 29.5 Å². The van der Waals surface area contributed by atoms with Crippen molar-refractivity contribution in [3.63, 3.8) is 0 Å². The van der Waals surface area contributed by atoms with Crippen LogP contribution in [0, 0.1) is 0 Å². The van der Waals surface area contributed by atoms with Crippen LogP contribution >= 0.6 is 0 Å². The molecule has 0 bridgehead atoms. The summed E-state index contributed by atoms with van der Waals surface area (Å²) in [6.45, 7) is 5.06. The third kappa shape index (κ3) is 3.63. The lowest BCUT2D eigenvalue weighted by molar-refractivity contribution is -0.137. The van der Waals surface area contributed by atoms with Crippen LogP contribution in [0.3, 0.4) is 0 Å². The molecule has 1 aromatic rings. The number of aliphatic hydroxyl groups excluding tert-OH is 1. The van der Waals surface area contributed by atoms with Crippen LogP contribution in [0.5, 0.6) is 5.75 Å². The Kier molecular flexibility index (Phi) is 4.27. The van der Waals surface area contributed by atoms with Gasteiger partial charge < -0.3 is 9.84 Å². The molecule has 1 rings (SSSR count). The third-order valence-electron chi connectivity index (χ3n) is 2.73. The first-order chi connectivity index (χ1) is 8.16. The van der Waals surface area contributed by atoms with Crippen molar-refractivity contribution >= 4 is 0 Å². The van der Waals surface area contributed by atoms with Crippen molar-refractivity contribution < 1.29 is 23.0 Å². The number of hydrogen-bond donors (Lipinski definition) is 1. The van der Waals surface area contributed by atoms with Crippen LogP contribution in [0.1, 0.15) is 32.8 Å². The lowest BCUT2D eigenvalue weighted by Crippen LogP contribution is -2.41. The quantitative estimate of drug-likeness (QED) is 0.897. The first-order valence-corrected chi connectivity index (χ1v) is 5.71. The predicted octanol–water partition coefficient (Wildman–Crippen LogP) is 3.63. The minimum Gasteiger partial charge on any atom is -0.485 e. The Morgan fingerprint density at radius 1 is 1.28 bits per heavy atom. The summed E-state index contributed by atoms with van der Waals surface area (Å²) in [5.74, 6) is 0.0994. The Morgan fingerprint density at radius 2 is 1.89 bits per heavy atom. The molecule has 5 heteroatoms. The molecule has 18 heavy (non-hydrogen) atoms. The summed E-state index contributed by atoms with van der Waals surface area (Å²) >= 11 is 0. The van der Waals surface area contributed by atoms with Crippen molar-refractivity contribution in [2.75, 3.05) is 0 Å². The largest absolute Gasteiger partial charge is 0.485 e. The van der Waals surface area contributed by atoms with E-state index in [0.717, 1.165) is 12.1 Å². The molecule has 0 aliphatic carbocycles. The van der Waals surface area contributed by atoms with Gasteiger partial charge >= 0.3 is 6.18 Å². The van der Waals surface area contributed by atoms with Crippen LogP contribution in [0.4, 0.5) is 13.2 Å². The molecule has 1 N–H and O–H groups in total. The van der Waals surface area contributed by atoms with Gasteiger partial charge in [0.2, 0.25) is 0 Å². The Balaban J connectivity index is 2.92. The number of benzene rings is 1. The van der Waals surface area contributed by atoms with E-state index in [0.29, 0.717) is 6.42 Å². The summed E-state index contributed by atoms with van der Waals surface area (Å²) in [6, 6.07) is 4.65. The number of ether oxygens (including phenoxy) is 1. The maximum absolute atomic E-state index is 12.5. The van der Waals surface area contributed by atoms with Gasteiger partial charge in [0.15, 0.2) is 0 Å². The molecule has 0 amide bonds. The van der Waals surface area contributed by atoms with E-state index in [-0.39, 0.29) is 5.75 Å². The Bertz CT molecular complexity index is 399. The molecule has 0 radical (unpaired) electrons. The zero-order valence-corrected chi connectivity index (χ0v) is 10.6. The van der Waals surface area contributed by atoms with Gasteiger partial charge in [0, 0.05) is 0 Å². The Labute approximate surface area is 104 Å². The Morgan fingerprint density at radius 3 is 2.39 bits per heavy atom. The molecular weight excluding hydrogens is 245 g/mol. The molecule has 0 aromatic heterocycles. The van der Waals surface area contributed by atoms with E-state index in [1.54, 1.807) is 20.8 Å². The summed E-state index contributed by atoms with van der Waals surface area (Å²) in [4.78, 5) is 0.